The number of amidine groups is 1. The van der Waals surface area contributed by atoms with Gasteiger partial charge in [-0.05, 0) is 32.4 Å². The number of aryl methyl sites for hydroxylation is 1. The Kier molecular flexibility index (Phi) is 5.10. The minimum atomic E-state index is -0.624. The Hall–Kier alpha value is -3.04. The van der Waals surface area contributed by atoms with Crippen LogP contribution >= 0.6 is 0 Å². The van der Waals surface area contributed by atoms with E-state index in [0.717, 1.165) is 35.7 Å². The van der Waals surface area contributed by atoms with Crippen LogP contribution < -0.4 is 4.57 Å². The molecule has 2 aromatic rings. The van der Waals surface area contributed by atoms with Gasteiger partial charge in [0.2, 0.25) is 11.9 Å². The second-order valence-electron chi connectivity index (χ2n) is 8.62. The molecule has 9 nitrogen and oxygen atoms in total. The average molecular weight is 438 g/mol. The van der Waals surface area contributed by atoms with Crippen molar-refractivity contribution in [2.24, 2.45) is 4.99 Å². The van der Waals surface area contributed by atoms with E-state index in [-0.39, 0.29) is 11.9 Å². The molecule has 3 aliphatic heterocycles. The van der Waals surface area contributed by atoms with Crippen molar-refractivity contribution in [2.45, 2.75) is 26.8 Å². The molecule has 32 heavy (non-hydrogen) atoms. The number of nitrogens with zero attached hydrogens (tertiary/aromatic N) is 6. The van der Waals surface area contributed by atoms with Gasteiger partial charge in [-0.1, -0.05) is 23.2 Å². The first-order valence-corrected chi connectivity index (χ1v) is 11.1. The largest absolute Gasteiger partial charge is 0.407 e. The number of hydrogen-bond acceptors (Lipinski definition) is 5. The van der Waals surface area contributed by atoms with Crippen LogP contribution in [0.25, 0.3) is 5.69 Å². The number of urea groups is 1. The number of aromatic nitrogens is 2. The van der Waals surface area contributed by atoms with E-state index in [2.05, 4.69) is 28.5 Å². The summed E-state index contributed by atoms with van der Waals surface area (Å²) in [6.07, 6.45) is 0. The fourth-order valence-corrected chi connectivity index (χ4v) is 4.81. The summed E-state index contributed by atoms with van der Waals surface area (Å²) in [5.41, 5.74) is 4.14. The molecule has 5 rings (SSSR count). The Labute approximate surface area is 187 Å². The van der Waals surface area contributed by atoms with Crippen LogP contribution in [0.3, 0.4) is 0 Å². The van der Waals surface area contributed by atoms with Crippen molar-refractivity contribution >= 4 is 23.7 Å². The highest BCUT2D eigenvalue weighted by Gasteiger charge is 2.54. The quantitative estimate of drug-likeness (QED) is 0.680. The van der Waals surface area contributed by atoms with E-state index < -0.39 is 6.04 Å². The number of aliphatic imine (C=N–C) groups is 1. The van der Waals surface area contributed by atoms with Gasteiger partial charge in [0.05, 0.1) is 13.2 Å². The van der Waals surface area contributed by atoms with E-state index in [1.165, 1.54) is 9.80 Å². The second-order valence-corrected chi connectivity index (χ2v) is 8.62. The fourth-order valence-electron chi connectivity index (χ4n) is 4.81. The Morgan fingerprint density at radius 3 is 2.53 bits per heavy atom. The molecular formula is C23H29N6O3+. The lowest BCUT2D eigenvalue weighted by Crippen LogP contribution is -2.64. The van der Waals surface area contributed by atoms with Crippen LogP contribution in [-0.4, -0.2) is 83.5 Å². The first-order chi connectivity index (χ1) is 15.4. The van der Waals surface area contributed by atoms with E-state index >= 15 is 0 Å². The number of ether oxygens (including phenoxy) is 1. The topological polar surface area (TPSA) is 74.3 Å². The lowest BCUT2D eigenvalue weighted by Gasteiger charge is -2.35. The Bertz CT molecular complexity index is 1130. The molecule has 0 bridgehead atoms. The lowest BCUT2D eigenvalue weighted by molar-refractivity contribution is -0.682. The van der Waals surface area contributed by atoms with Crippen molar-refractivity contribution in [1.82, 2.24) is 19.3 Å². The summed E-state index contributed by atoms with van der Waals surface area (Å²) in [7, 11) is 1.70. The highest BCUT2D eigenvalue weighted by Crippen LogP contribution is 2.33. The fraction of sp³-hybridized carbons (Fsp3) is 0.478. The van der Waals surface area contributed by atoms with Gasteiger partial charge in [0.1, 0.15) is 17.1 Å². The molecule has 2 saturated heterocycles. The van der Waals surface area contributed by atoms with Crippen LogP contribution in [0.15, 0.2) is 29.3 Å². The molecule has 1 aromatic carbocycles. The zero-order chi connectivity index (χ0) is 22.6. The van der Waals surface area contributed by atoms with Crippen molar-refractivity contribution in [3.63, 3.8) is 0 Å². The maximum atomic E-state index is 13.6. The smallest absolute Gasteiger partial charge is 0.379 e. The minimum absolute atomic E-state index is 0.214. The molecule has 1 aromatic heterocycles. The third-order valence-corrected chi connectivity index (χ3v) is 6.81. The third kappa shape index (κ3) is 3.07. The van der Waals surface area contributed by atoms with Gasteiger partial charge in [-0.3, -0.25) is 19.5 Å². The van der Waals surface area contributed by atoms with Crippen molar-refractivity contribution in [3.8, 4) is 5.69 Å². The van der Waals surface area contributed by atoms with Crippen molar-refractivity contribution in [2.75, 3.05) is 46.4 Å². The third-order valence-electron chi connectivity index (χ3n) is 6.81. The molecular weight excluding hydrogens is 408 g/mol. The number of para-hydroxylation sites is 1. The Morgan fingerprint density at radius 1 is 1.09 bits per heavy atom. The predicted octanol–water partition coefficient (Wildman–Crippen LogP) is 1.50. The summed E-state index contributed by atoms with van der Waals surface area (Å²) in [5, 5.41) is 0. The number of likely N-dealkylation sites (N-methyl/N-ethyl adjacent to an activating group) is 1. The van der Waals surface area contributed by atoms with Gasteiger partial charge < -0.3 is 4.74 Å². The summed E-state index contributed by atoms with van der Waals surface area (Å²) < 4.78 is 9.46. The summed E-state index contributed by atoms with van der Waals surface area (Å²) in [6.45, 7) is 10.1. The van der Waals surface area contributed by atoms with Gasteiger partial charge in [0.15, 0.2) is 0 Å². The number of amides is 3. The number of benzene rings is 1. The standard InChI is InChI=1S/C23H29N6O3/c1-15-7-5-6-8-18(15)28-16(2)17(3)29-19-20(24-22(28)29)25(4)23(31)27(21(19)30)10-9-26-11-13-32-14-12-26/h5-8,19H,9-14H2,1-4H3/q+1. The number of imidazole rings is 1. The molecule has 168 valence electrons. The van der Waals surface area contributed by atoms with E-state index in [1.807, 2.05) is 30.5 Å². The van der Waals surface area contributed by atoms with E-state index in [4.69, 9.17) is 9.73 Å². The number of imide groups is 1. The maximum absolute atomic E-state index is 13.6. The zero-order valence-electron chi connectivity index (χ0n) is 19.0. The average Bonchev–Trinajstić information content (AvgIpc) is 3.29. The first-order valence-electron chi connectivity index (χ1n) is 11.1. The molecule has 4 heterocycles. The van der Waals surface area contributed by atoms with E-state index in [9.17, 15) is 9.59 Å². The number of carbonyl (C=O) groups excluding carboxylic acids is 2. The van der Waals surface area contributed by atoms with Gasteiger partial charge in [-0.25, -0.2) is 9.36 Å². The molecule has 2 fully saturated rings. The molecule has 9 heteroatoms. The van der Waals surface area contributed by atoms with E-state index in [0.29, 0.717) is 38.1 Å². The van der Waals surface area contributed by atoms with Crippen LogP contribution in [-0.2, 0) is 9.53 Å². The zero-order valence-corrected chi connectivity index (χ0v) is 19.0. The van der Waals surface area contributed by atoms with Crippen LogP contribution in [0, 0.1) is 20.8 Å². The van der Waals surface area contributed by atoms with Gasteiger partial charge in [0.25, 0.3) is 5.91 Å². The van der Waals surface area contributed by atoms with Crippen molar-refractivity contribution in [1.29, 1.82) is 0 Å². The Morgan fingerprint density at radius 2 is 1.81 bits per heavy atom. The van der Waals surface area contributed by atoms with Gasteiger partial charge in [0, 0.05) is 33.2 Å². The van der Waals surface area contributed by atoms with Crippen LogP contribution in [0.1, 0.15) is 23.0 Å². The van der Waals surface area contributed by atoms with Crippen molar-refractivity contribution in [3.05, 3.63) is 41.2 Å². The molecule has 3 amide bonds. The molecule has 1 atom stereocenters. The van der Waals surface area contributed by atoms with Crippen molar-refractivity contribution < 1.29 is 18.9 Å². The first kappa shape index (κ1) is 20.8. The number of morpholine rings is 1. The molecule has 0 saturated carbocycles. The van der Waals surface area contributed by atoms with Crippen LogP contribution in [0.5, 0.6) is 0 Å². The molecule has 0 N–H and O–H groups in total. The molecule has 0 radical (unpaired) electrons. The number of carbonyl (C=O) groups is 2. The highest BCUT2D eigenvalue weighted by molar-refractivity contribution is 6.19. The molecule has 1 unspecified atom stereocenters. The van der Waals surface area contributed by atoms with E-state index in [1.54, 1.807) is 7.05 Å². The summed E-state index contributed by atoms with van der Waals surface area (Å²) in [6, 6.07) is 7.17. The van der Waals surface area contributed by atoms with Gasteiger partial charge in [-0.2, -0.15) is 4.57 Å². The number of rotatable bonds is 4. The molecule has 0 aliphatic carbocycles. The highest BCUT2D eigenvalue weighted by atomic mass is 16.5. The Balaban J connectivity index is 1.52. The monoisotopic (exact) mass is 437 g/mol. The second kappa shape index (κ2) is 7.83. The van der Waals surface area contributed by atoms with Crippen LogP contribution in [0.2, 0.25) is 0 Å². The van der Waals surface area contributed by atoms with Crippen LogP contribution in [0.4, 0.5) is 10.7 Å². The lowest BCUT2D eigenvalue weighted by atomic mass is 10.1. The maximum Gasteiger partial charge on any atom is 0.407 e. The van der Waals surface area contributed by atoms with Gasteiger partial charge in [-0.15, -0.1) is 0 Å². The number of fused-ring (bicyclic) bond motifs is 3. The minimum Gasteiger partial charge on any atom is -0.379 e. The number of hydrogen-bond donors (Lipinski definition) is 0. The molecule has 0 spiro atoms. The molecule has 3 aliphatic rings. The van der Waals surface area contributed by atoms with Gasteiger partial charge >= 0.3 is 12.0 Å². The summed E-state index contributed by atoms with van der Waals surface area (Å²) in [5.74, 6) is 0.953. The summed E-state index contributed by atoms with van der Waals surface area (Å²) >= 11 is 0. The summed E-state index contributed by atoms with van der Waals surface area (Å²) in [4.78, 5) is 36.6. The normalized spacial score (nSPS) is 21.1. The predicted molar refractivity (Wildman–Crippen MR) is 118 cm³/mol. The SMILES string of the molecule is Cc1ccccc1-n1c(C)c(C)[n+]2c1N=C1C2C(=O)N(CCN2CCOCC2)C(=O)N1C.